The number of hydrogen-bond acceptors (Lipinski definition) is 17. The summed E-state index contributed by atoms with van der Waals surface area (Å²) in [7, 11) is 0. The monoisotopic (exact) mass is 1030 g/mol. The summed E-state index contributed by atoms with van der Waals surface area (Å²) in [6.45, 7) is -1.41. The number of aliphatic hydroxyl groups is 1. The topological polar surface area (TPSA) is 453 Å². The Kier molecular flexibility index (Phi) is 26.4. The van der Waals surface area contributed by atoms with E-state index in [9.17, 15) is 68.4 Å². The number of thiol groups is 2. The van der Waals surface area contributed by atoms with Gasteiger partial charge in [-0.3, -0.25) is 48.6 Å². The molecular weight excluding hydrogens is 963 g/mol. The fourth-order valence-corrected chi connectivity index (χ4v) is 7.30. The van der Waals surface area contributed by atoms with Crippen molar-refractivity contribution in [3.8, 4) is 5.75 Å². The summed E-state index contributed by atoms with van der Waals surface area (Å²) in [5.74, 6) is -11.1. The zero-order chi connectivity index (χ0) is 52.5. The zero-order valence-corrected chi connectivity index (χ0v) is 40.0. The van der Waals surface area contributed by atoms with Gasteiger partial charge in [0.25, 0.3) is 0 Å². The molecule has 1 aliphatic heterocycles. The summed E-state index contributed by atoms with van der Waals surface area (Å²) in [6.07, 6.45) is -0.0623. The predicted molar refractivity (Wildman–Crippen MR) is 256 cm³/mol. The van der Waals surface area contributed by atoms with Crippen molar-refractivity contribution in [2.24, 2.45) is 17.2 Å². The molecule has 29 heteroatoms. The Morgan fingerprint density at radius 3 is 1.87 bits per heavy atom. The number of nitrogens with one attached hydrogen (secondary N) is 9. The largest absolute Gasteiger partial charge is 0.508 e. The molecule has 8 atom stereocenters. The molecule has 1 aromatic carbocycles. The lowest BCUT2D eigenvalue weighted by Crippen LogP contribution is -2.60. The molecule has 2 rings (SSSR count). The number of amides is 8. The highest BCUT2D eigenvalue weighted by molar-refractivity contribution is 7.80. The van der Waals surface area contributed by atoms with E-state index in [1.807, 2.05) is 0 Å². The van der Waals surface area contributed by atoms with Gasteiger partial charge < -0.3 is 85.1 Å². The molecule has 0 bridgehead atoms. The SMILES string of the molecule is N=C(N)NCCC[C@H](NC(=O)CNC(=O)[C@H](N)CS)C(=O)N[C@@H](CC(=O)O)C(=O)N[C@@H](CO)C(=O)N1CCC[C@H]1C(=O)N[C@@H](CS)C(=O)N[C@@H](CCCCN)C(=O)N[C@@H](Cc1ccc(O)cc1)C(=O)O. The Hall–Kier alpha value is -6.43. The normalized spacial score (nSPS) is 16.1. The van der Waals surface area contributed by atoms with Gasteiger partial charge >= 0.3 is 11.9 Å². The molecule has 1 aromatic rings. The molecule has 0 radical (unpaired) electrons. The van der Waals surface area contributed by atoms with E-state index in [0.717, 1.165) is 4.90 Å². The number of benzene rings is 1. The molecule has 0 aliphatic carbocycles. The molecule has 1 heterocycles. The predicted octanol–water partition coefficient (Wildman–Crippen LogP) is -5.92. The Morgan fingerprint density at radius 2 is 1.30 bits per heavy atom. The molecule has 0 aromatic heterocycles. The van der Waals surface area contributed by atoms with Crippen LogP contribution in [0.2, 0.25) is 0 Å². The Morgan fingerprint density at radius 1 is 0.729 bits per heavy atom. The van der Waals surface area contributed by atoms with Gasteiger partial charge in [-0.2, -0.15) is 25.3 Å². The Bertz CT molecular complexity index is 2000. The Balaban J connectivity index is 2.20. The van der Waals surface area contributed by atoms with E-state index in [0.29, 0.717) is 18.4 Å². The lowest BCUT2D eigenvalue weighted by atomic mass is 10.0. The molecule has 0 unspecified atom stereocenters. The van der Waals surface area contributed by atoms with Crippen LogP contribution in [0.3, 0.4) is 0 Å². The van der Waals surface area contributed by atoms with Crippen LogP contribution in [0.15, 0.2) is 24.3 Å². The van der Waals surface area contributed by atoms with Crippen LogP contribution in [0.4, 0.5) is 0 Å². The van der Waals surface area contributed by atoms with Gasteiger partial charge in [-0.25, -0.2) is 4.79 Å². The van der Waals surface area contributed by atoms with Crippen molar-refractivity contribution in [3.05, 3.63) is 29.8 Å². The molecule has 19 N–H and O–H groups in total. The second-order valence-electron chi connectivity index (χ2n) is 16.1. The first-order chi connectivity index (χ1) is 33.1. The number of rotatable bonds is 31. The van der Waals surface area contributed by atoms with Gasteiger partial charge in [0, 0.05) is 31.0 Å². The van der Waals surface area contributed by atoms with Gasteiger partial charge in [0.2, 0.25) is 47.3 Å². The number of aliphatic hydroxyl groups excluding tert-OH is 1. The highest BCUT2D eigenvalue weighted by Gasteiger charge is 2.40. The Labute approximate surface area is 413 Å². The highest BCUT2D eigenvalue weighted by Crippen LogP contribution is 2.19. The second kappa shape index (κ2) is 30.9. The minimum atomic E-state index is -1.89. The van der Waals surface area contributed by atoms with Crippen molar-refractivity contribution >= 4 is 90.4 Å². The van der Waals surface area contributed by atoms with Crippen LogP contribution in [-0.2, 0) is 54.4 Å². The number of guanidine groups is 1. The first kappa shape index (κ1) is 59.7. The van der Waals surface area contributed by atoms with Crippen molar-refractivity contribution < 1.29 is 68.4 Å². The fraction of sp³-hybridized carbons (Fsp3) is 0.585. The maximum absolute atomic E-state index is 13.8. The second-order valence-corrected chi connectivity index (χ2v) is 16.8. The third-order valence-electron chi connectivity index (χ3n) is 10.6. The summed E-state index contributed by atoms with van der Waals surface area (Å²) < 4.78 is 0. The van der Waals surface area contributed by atoms with E-state index in [1.165, 1.54) is 24.3 Å². The van der Waals surface area contributed by atoms with Crippen LogP contribution < -0.4 is 59.7 Å². The van der Waals surface area contributed by atoms with E-state index in [2.05, 4.69) is 67.8 Å². The summed E-state index contributed by atoms with van der Waals surface area (Å²) >= 11 is 8.11. The number of carboxylic acid groups (broad SMARTS) is 2. The van der Waals surface area contributed by atoms with Crippen molar-refractivity contribution in [2.45, 2.75) is 106 Å². The average molecular weight is 1030 g/mol. The minimum Gasteiger partial charge on any atom is -0.508 e. The summed E-state index contributed by atoms with van der Waals surface area (Å²) in [4.78, 5) is 131. The average Bonchev–Trinajstić information content (AvgIpc) is 3.82. The van der Waals surface area contributed by atoms with Gasteiger partial charge in [0.1, 0.15) is 48.0 Å². The molecule has 70 heavy (non-hydrogen) atoms. The van der Waals surface area contributed by atoms with Gasteiger partial charge in [-0.1, -0.05) is 12.1 Å². The third kappa shape index (κ3) is 20.7. The number of nitrogens with zero attached hydrogens (tertiary/aromatic N) is 1. The van der Waals surface area contributed by atoms with Crippen molar-refractivity contribution in [1.82, 2.24) is 47.4 Å². The molecular formula is C41H65N13O14S2. The standard InChI is InChI=1S/C41H65N13O14S2/c42-12-2-1-5-25(35(62)51-27(40(67)68)15-21-8-10-22(56)11-9-21)49-37(64)29(20-70)53-38(65)30-7-4-14-54(30)39(66)28(18-55)52-36(63)26(16-32(58)59)50-34(61)24(6-3-13-46-41(44)45)48-31(57)17-47-33(60)23(43)19-69/h8-11,23-30,55-56,69-70H,1-7,12-20,42-43H2,(H,47,60)(H,48,57)(H,49,64)(H,50,61)(H,51,62)(H,52,63)(H,53,65)(H,58,59)(H,67,68)(H4,44,45,46)/t23-,24+,25+,26+,27+,28+,29+,30+/m1/s1. The van der Waals surface area contributed by atoms with Crippen LogP contribution >= 0.6 is 25.3 Å². The van der Waals surface area contributed by atoms with Crippen molar-refractivity contribution in [2.75, 3.05) is 44.3 Å². The number of phenols is 1. The van der Waals surface area contributed by atoms with Crippen LogP contribution in [0.5, 0.6) is 5.75 Å². The number of likely N-dealkylation sites (tertiary alicyclic amines) is 1. The van der Waals surface area contributed by atoms with Gasteiger partial charge in [0.15, 0.2) is 5.96 Å². The number of hydrogen-bond donors (Lipinski definition) is 18. The molecule has 1 saturated heterocycles. The molecule has 8 amide bonds. The first-order valence-corrected chi connectivity index (χ1v) is 23.4. The van der Waals surface area contributed by atoms with Crippen LogP contribution in [-0.4, -0.2) is 183 Å². The fourth-order valence-electron chi connectivity index (χ4n) is 6.88. The number of phenolic OH excluding ortho intramolecular Hbond substituents is 1. The lowest BCUT2D eigenvalue weighted by Gasteiger charge is -2.30. The molecule has 1 fully saturated rings. The van der Waals surface area contributed by atoms with E-state index in [4.69, 9.17) is 22.6 Å². The van der Waals surface area contributed by atoms with Crippen LogP contribution in [0.1, 0.15) is 56.9 Å². The minimum absolute atomic E-state index is 0.0311. The van der Waals surface area contributed by atoms with Crippen molar-refractivity contribution in [1.29, 1.82) is 5.41 Å². The number of unbranched alkanes of at least 4 members (excludes halogenated alkanes) is 1. The van der Waals surface area contributed by atoms with E-state index < -0.39 is 127 Å². The molecule has 1 aliphatic rings. The number of carbonyl (C=O) groups is 10. The van der Waals surface area contributed by atoms with E-state index in [1.54, 1.807) is 0 Å². The number of carbonyl (C=O) groups excluding carboxylic acids is 8. The third-order valence-corrected chi connectivity index (χ3v) is 11.4. The number of carboxylic acids is 2. The number of aromatic hydroxyl groups is 1. The quantitative estimate of drug-likeness (QED) is 0.0142. The van der Waals surface area contributed by atoms with Crippen LogP contribution in [0, 0.1) is 5.41 Å². The maximum Gasteiger partial charge on any atom is 0.326 e. The van der Waals surface area contributed by atoms with Crippen molar-refractivity contribution in [3.63, 3.8) is 0 Å². The van der Waals surface area contributed by atoms with E-state index >= 15 is 0 Å². The lowest BCUT2D eigenvalue weighted by molar-refractivity contribution is -0.144. The highest BCUT2D eigenvalue weighted by atomic mass is 32.1. The molecule has 0 saturated carbocycles. The molecule has 27 nitrogen and oxygen atoms in total. The smallest absolute Gasteiger partial charge is 0.326 e. The summed E-state index contributed by atoms with van der Waals surface area (Å²) in [5.41, 5.74) is 17.0. The summed E-state index contributed by atoms with van der Waals surface area (Å²) in [5, 5.41) is 65.7. The van der Waals surface area contributed by atoms with Crippen LogP contribution in [0.25, 0.3) is 0 Å². The first-order valence-electron chi connectivity index (χ1n) is 22.1. The molecule has 0 spiro atoms. The number of aliphatic carboxylic acids is 2. The maximum atomic E-state index is 13.8. The molecule has 390 valence electrons. The van der Waals surface area contributed by atoms with Gasteiger partial charge in [-0.05, 0) is 69.2 Å². The van der Waals surface area contributed by atoms with E-state index in [-0.39, 0.29) is 81.4 Å². The summed E-state index contributed by atoms with van der Waals surface area (Å²) in [6, 6.07) is -5.83. The van der Waals surface area contributed by atoms with Gasteiger partial charge in [0.05, 0.1) is 25.6 Å². The van der Waals surface area contributed by atoms with Gasteiger partial charge in [-0.15, -0.1) is 0 Å². The number of nitrogens with two attached hydrogens (primary N) is 3. The zero-order valence-electron chi connectivity index (χ0n) is 38.2.